The van der Waals surface area contributed by atoms with E-state index in [-0.39, 0.29) is 0 Å². The summed E-state index contributed by atoms with van der Waals surface area (Å²) in [6, 6.07) is 2.29. The first-order valence-electron chi connectivity index (χ1n) is 8.56. The summed E-state index contributed by atoms with van der Waals surface area (Å²) < 4.78 is 5.29. The van der Waals surface area contributed by atoms with Crippen LogP contribution in [0.15, 0.2) is 40.9 Å². The number of hydrogen-bond acceptors (Lipinski definition) is 6. The van der Waals surface area contributed by atoms with Crippen LogP contribution in [-0.4, -0.2) is 39.5 Å². The third-order valence-electron chi connectivity index (χ3n) is 4.82. The topological polar surface area (TPSA) is 71.4 Å². The maximum absolute atomic E-state index is 6.12. The van der Waals surface area contributed by atoms with Gasteiger partial charge in [0.15, 0.2) is 5.89 Å². The van der Waals surface area contributed by atoms with Gasteiger partial charge in [-0.15, -0.1) is 0 Å². The average molecular weight is 325 g/mol. The fourth-order valence-corrected chi connectivity index (χ4v) is 3.48. The molecular weight excluding hydrogens is 302 g/mol. The molecule has 126 valence electrons. The Morgan fingerprint density at radius 3 is 3.00 bits per heavy atom. The lowest BCUT2D eigenvalue weighted by atomic mass is 10.1. The van der Waals surface area contributed by atoms with E-state index in [1.807, 2.05) is 5.01 Å². The highest BCUT2D eigenvalue weighted by Crippen LogP contribution is 2.22. The molecule has 0 saturated carbocycles. The standard InChI is InChI=1S/C18H23N5O/c19-23-8-7-22(13-17(23)4-5-18-20-6-9-24-18)12-16-10-14-2-1-3-15(14)11-21-16/h4,6,9-11H,1-3,5,7-8,12-13,19H2/b17-4-. The Morgan fingerprint density at radius 1 is 1.21 bits per heavy atom. The van der Waals surface area contributed by atoms with Crippen molar-refractivity contribution in [3.8, 4) is 0 Å². The Hall–Kier alpha value is -2.18. The molecule has 1 saturated heterocycles. The van der Waals surface area contributed by atoms with Crippen LogP contribution in [0.4, 0.5) is 0 Å². The van der Waals surface area contributed by atoms with Crippen molar-refractivity contribution in [3.05, 3.63) is 59.2 Å². The minimum atomic E-state index is 0.668. The third kappa shape index (κ3) is 3.34. The maximum Gasteiger partial charge on any atom is 0.197 e. The summed E-state index contributed by atoms with van der Waals surface area (Å²) in [6.07, 6.45) is 11.7. The third-order valence-corrected chi connectivity index (χ3v) is 4.82. The monoisotopic (exact) mass is 325 g/mol. The predicted octanol–water partition coefficient (Wildman–Crippen LogP) is 1.68. The van der Waals surface area contributed by atoms with Crippen LogP contribution in [0.5, 0.6) is 0 Å². The number of pyridine rings is 1. The van der Waals surface area contributed by atoms with Gasteiger partial charge in [-0.2, -0.15) is 0 Å². The minimum absolute atomic E-state index is 0.668. The van der Waals surface area contributed by atoms with Crippen LogP contribution in [0.2, 0.25) is 0 Å². The van der Waals surface area contributed by atoms with Crippen molar-refractivity contribution >= 4 is 0 Å². The van der Waals surface area contributed by atoms with Crippen LogP contribution in [-0.2, 0) is 25.8 Å². The van der Waals surface area contributed by atoms with E-state index in [2.05, 4.69) is 33.2 Å². The van der Waals surface area contributed by atoms with Crippen molar-refractivity contribution in [3.63, 3.8) is 0 Å². The lowest BCUT2D eigenvalue weighted by molar-refractivity contribution is 0.170. The van der Waals surface area contributed by atoms with E-state index in [0.29, 0.717) is 12.3 Å². The summed E-state index contributed by atoms with van der Waals surface area (Å²) in [4.78, 5) is 11.2. The number of piperazine rings is 1. The van der Waals surface area contributed by atoms with Gasteiger partial charge in [0.25, 0.3) is 0 Å². The molecule has 2 aromatic rings. The second kappa shape index (κ2) is 6.75. The van der Waals surface area contributed by atoms with Gasteiger partial charge < -0.3 is 9.43 Å². The normalized spacial score (nSPS) is 19.9. The summed E-state index contributed by atoms with van der Waals surface area (Å²) >= 11 is 0. The molecule has 0 amide bonds. The van der Waals surface area contributed by atoms with Gasteiger partial charge in [-0.05, 0) is 36.5 Å². The van der Waals surface area contributed by atoms with E-state index in [9.17, 15) is 0 Å². The molecular formula is C18H23N5O. The van der Waals surface area contributed by atoms with E-state index in [4.69, 9.17) is 10.3 Å². The molecule has 0 unspecified atom stereocenters. The second-order valence-corrected chi connectivity index (χ2v) is 6.53. The molecule has 24 heavy (non-hydrogen) atoms. The molecule has 0 spiro atoms. The number of nitrogens with zero attached hydrogens (tertiary/aromatic N) is 4. The lowest BCUT2D eigenvalue weighted by Crippen LogP contribution is -2.47. The average Bonchev–Trinajstić information content (AvgIpc) is 3.26. The molecule has 6 heteroatoms. The molecule has 0 radical (unpaired) electrons. The molecule has 1 aliphatic carbocycles. The minimum Gasteiger partial charge on any atom is -0.449 e. The first-order valence-corrected chi connectivity index (χ1v) is 8.56. The zero-order chi connectivity index (χ0) is 16.4. The van der Waals surface area contributed by atoms with Gasteiger partial charge in [-0.3, -0.25) is 9.88 Å². The van der Waals surface area contributed by atoms with Gasteiger partial charge in [-0.25, -0.2) is 10.8 Å². The first kappa shape index (κ1) is 15.4. The summed E-state index contributed by atoms with van der Waals surface area (Å²) in [5.74, 6) is 6.84. The highest BCUT2D eigenvalue weighted by atomic mass is 16.3. The first-order chi connectivity index (χ1) is 11.8. The molecule has 0 atom stereocenters. The Bertz CT molecular complexity index is 725. The number of hydrazine groups is 1. The molecule has 3 heterocycles. The van der Waals surface area contributed by atoms with Crippen LogP contribution in [0.3, 0.4) is 0 Å². The molecule has 2 aliphatic rings. The van der Waals surface area contributed by atoms with Crippen molar-refractivity contribution < 1.29 is 4.42 Å². The van der Waals surface area contributed by atoms with E-state index >= 15 is 0 Å². The largest absolute Gasteiger partial charge is 0.449 e. The fraction of sp³-hybridized carbons (Fsp3) is 0.444. The number of allylic oxidation sites excluding steroid dienone is 1. The highest BCUT2D eigenvalue weighted by molar-refractivity contribution is 5.30. The van der Waals surface area contributed by atoms with E-state index < -0.39 is 0 Å². The number of nitrogens with two attached hydrogens (primary N) is 1. The predicted molar refractivity (Wildman–Crippen MR) is 90.7 cm³/mol. The Balaban J connectivity index is 1.41. The van der Waals surface area contributed by atoms with Crippen LogP contribution < -0.4 is 5.84 Å². The number of oxazole rings is 1. The molecule has 2 aromatic heterocycles. The van der Waals surface area contributed by atoms with Crippen LogP contribution in [0, 0.1) is 0 Å². The number of fused-ring (bicyclic) bond motifs is 1. The zero-order valence-electron chi connectivity index (χ0n) is 13.8. The molecule has 1 aliphatic heterocycles. The van der Waals surface area contributed by atoms with E-state index in [0.717, 1.165) is 37.6 Å². The summed E-state index contributed by atoms with van der Waals surface area (Å²) in [5, 5.41) is 1.83. The van der Waals surface area contributed by atoms with Crippen LogP contribution in [0.25, 0.3) is 0 Å². The number of hydrogen-bond donors (Lipinski definition) is 1. The van der Waals surface area contributed by atoms with Gasteiger partial charge in [0.05, 0.1) is 11.9 Å². The van der Waals surface area contributed by atoms with Gasteiger partial charge in [0.1, 0.15) is 6.26 Å². The van der Waals surface area contributed by atoms with Gasteiger partial charge in [-0.1, -0.05) is 6.08 Å². The van der Waals surface area contributed by atoms with Crippen molar-refractivity contribution in [1.29, 1.82) is 0 Å². The smallest absolute Gasteiger partial charge is 0.197 e. The molecule has 2 N–H and O–H groups in total. The molecule has 6 nitrogen and oxygen atoms in total. The maximum atomic E-state index is 6.12. The number of rotatable bonds is 4. The lowest BCUT2D eigenvalue weighted by Gasteiger charge is -2.35. The number of aromatic nitrogens is 2. The molecule has 4 rings (SSSR count). The van der Waals surface area contributed by atoms with Crippen LogP contribution in [0.1, 0.15) is 29.1 Å². The van der Waals surface area contributed by atoms with Crippen molar-refractivity contribution in [2.24, 2.45) is 5.84 Å². The second-order valence-electron chi connectivity index (χ2n) is 6.53. The Kier molecular flexibility index (Phi) is 4.32. The summed E-state index contributed by atoms with van der Waals surface area (Å²) in [6.45, 7) is 3.47. The van der Waals surface area contributed by atoms with Crippen molar-refractivity contribution in [2.75, 3.05) is 19.6 Å². The van der Waals surface area contributed by atoms with Crippen LogP contribution >= 0.6 is 0 Å². The Morgan fingerprint density at radius 2 is 2.12 bits per heavy atom. The zero-order valence-corrected chi connectivity index (χ0v) is 13.8. The van der Waals surface area contributed by atoms with Crippen molar-refractivity contribution in [1.82, 2.24) is 19.9 Å². The molecule has 0 aromatic carbocycles. The molecule has 1 fully saturated rings. The Labute approximate surface area is 141 Å². The quantitative estimate of drug-likeness (QED) is 0.862. The van der Waals surface area contributed by atoms with E-state index in [1.54, 1.807) is 12.5 Å². The summed E-state index contributed by atoms with van der Waals surface area (Å²) in [7, 11) is 0. The highest BCUT2D eigenvalue weighted by Gasteiger charge is 2.20. The SMILES string of the molecule is NN1CCN(Cc2cc3c(cn2)CCC3)C/C1=C/Cc1ncco1. The van der Waals surface area contributed by atoms with Crippen molar-refractivity contribution in [2.45, 2.75) is 32.2 Å². The van der Waals surface area contributed by atoms with Gasteiger partial charge in [0, 0.05) is 44.5 Å². The number of aryl methyl sites for hydroxylation is 2. The summed E-state index contributed by atoms with van der Waals surface area (Å²) in [5.41, 5.74) is 5.18. The van der Waals surface area contributed by atoms with E-state index in [1.165, 1.54) is 30.4 Å². The molecule has 0 bridgehead atoms. The van der Waals surface area contributed by atoms with Gasteiger partial charge >= 0.3 is 0 Å². The van der Waals surface area contributed by atoms with Gasteiger partial charge in [0.2, 0.25) is 0 Å². The fourth-order valence-electron chi connectivity index (χ4n) is 3.48.